The van der Waals surface area contributed by atoms with Crippen LogP contribution in [0.1, 0.15) is 29.8 Å². The van der Waals surface area contributed by atoms with E-state index < -0.39 is 5.66 Å². The van der Waals surface area contributed by atoms with Crippen molar-refractivity contribution < 1.29 is 9.18 Å². The van der Waals surface area contributed by atoms with Gasteiger partial charge < -0.3 is 0 Å². The molecule has 122 valence electrons. The van der Waals surface area contributed by atoms with E-state index in [9.17, 15) is 9.18 Å². The fourth-order valence-corrected chi connectivity index (χ4v) is 3.18. The molecule has 0 fully saturated rings. The summed E-state index contributed by atoms with van der Waals surface area (Å²) in [6.07, 6.45) is 0. The Morgan fingerprint density at radius 1 is 1.12 bits per heavy atom. The summed E-state index contributed by atoms with van der Waals surface area (Å²) in [6, 6.07) is 12.5. The van der Waals surface area contributed by atoms with Crippen LogP contribution in [0.5, 0.6) is 0 Å². The highest BCUT2D eigenvalue weighted by atomic mass is 35.5. The first-order valence-electron chi connectivity index (χ1n) is 7.30. The van der Waals surface area contributed by atoms with Crippen molar-refractivity contribution in [2.45, 2.75) is 19.5 Å². The number of aliphatic imine (C=N–C) groups is 1. The number of nitrogens with zero attached hydrogens (tertiary/aromatic N) is 2. The molecule has 0 unspecified atom stereocenters. The molecule has 0 saturated carbocycles. The average molecular weight is 361 g/mol. The van der Waals surface area contributed by atoms with Crippen LogP contribution in [0.25, 0.3) is 0 Å². The number of hydrogen-bond donors (Lipinski definition) is 0. The summed E-state index contributed by atoms with van der Waals surface area (Å²) in [5.74, 6) is -0.584. The number of amides is 1. The van der Waals surface area contributed by atoms with Crippen LogP contribution in [-0.4, -0.2) is 27.2 Å². The summed E-state index contributed by atoms with van der Waals surface area (Å²) in [6.45, 7) is 3.62. The molecule has 0 radical (unpaired) electrons. The zero-order chi connectivity index (χ0) is 17.5. The molecule has 0 atom stereocenters. The lowest BCUT2D eigenvalue weighted by Gasteiger charge is -2.29. The van der Waals surface area contributed by atoms with Crippen molar-refractivity contribution in [3.05, 3.63) is 70.5 Å². The third kappa shape index (κ3) is 2.97. The lowest BCUT2D eigenvalue weighted by atomic mass is 10.1. The molecule has 6 heteroatoms. The summed E-state index contributed by atoms with van der Waals surface area (Å²) < 4.78 is 13.1. The average Bonchev–Trinajstić information content (AvgIpc) is 2.78. The monoisotopic (exact) mass is 360 g/mol. The molecule has 0 spiro atoms. The van der Waals surface area contributed by atoms with Crippen LogP contribution in [0.15, 0.2) is 53.5 Å². The highest BCUT2D eigenvalue weighted by Crippen LogP contribution is 2.29. The lowest BCUT2D eigenvalue weighted by Crippen LogP contribution is -2.46. The maximum atomic E-state index is 13.1. The van der Waals surface area contributed by atoms with E-state index in [4.69, 9.17) is 23.8 Å². The number of hydrogen-bond acceptors (Lipinski definition) is 3. The second-order valence-corrected chi connectivity index (χ2v) is 6.74. The number of thiocarbonyl (C=S) groups is 1. The van der Waals surface area contributed by atoms with Gasteiger partial charge in [-0.05, 0) is 62.4 Å². The van der Waals surface area contributed by atoms with E-state index >= 15 is 0 Å². The number of halogens is 2. The Balaban J connectivity index is 1.96. The van der Waals surface area contributed by atoms with Crippen LogP contribution in [0, 0.1) is 5.82 Å². The Labute approximate surface area is 149 Å². The van der Waals surface area contributed by atoms with Gasteiger partial charge in [0.15, 0.2) is 0 Å². The molecule has 1 amide bonds. The van der Waals surface area contributed by atoms with Gasteiger partial charge in [-0.2, -0.15) is 0 Å². The lowest BCUT2D eigenvalue weighted by molar-refractivity contribution is 0.0758. The zero-order valence-electron chi connectivity index (χ0n) is 13.1. The SMILES string of the molecule is CC1(C)N=C(c2ccc(F)cc2)C(=S)N1C(=O)c1ccc(Cl)cc1. The second-order valence-electron chi connectivity index (χ2n) is 5.91. The van der Waals surface area contributed by atoms with Gasteiger partial charge in [0.25, 0.3) is 5.91 Å². The molecule has 24 heavy (non-hydrogen) atoms. The quantitative estimate of drug-likeness (QED) is 0.739. The molecular weight excluding hydrogens is 347 g/mol. The largest absolute Gasteiger partial charge is 0.272 e. The topological polar surface area (TPSA) is 32.7 Å². The highest BCUT2D eigenvalue weighted by molar-refractivity contribution is 7.82. The minimum absolute atomic E-state index is 0.248. The molecule has 0 bridgehead atoms. The Kier molecular flexibility index (Phi) is 4.24. The minimum Gasteiger partial charge on any atom is -0.272 e. The molecule has 3 rings (SSSR count). The summed E-state index contributed by atoms with van der Waals surface area (Å²) in [4.78, 5) is 19.3. The Hall–Kier alpha value is -2.11. The van der Waals surface area contributed by atoms with Crippen LogP contribution in [0.2, 0.25) is 5.02 Å². The molecule has 0 N–H and O–H groups in total. The standard InChI is InChI=1S/C18H14ClFN2OS/c1-18(2)21-15(11-5-9-14(20)10-6-11)17(24)22(18)16(23)12-3-7-13(19)8-4-12/h3-10H,1-2H3. The van der Waals surface area contributed by atoms with E-state index in [1.165, 1.54) is 17.0 Å². The molecule has 2 aromatic carbocycles. The Morgan fingerprint density at radius 3 is 2.29 bits per heavy atom. The number of rotatable bonds is 2. The predicted molar refractivity (Wildman–Crippen MR) is 97.2 cm³/mol. The van der Waals surface area contributed by atoms with Crippen molar-refractivity contribution in [3.8, 4) is 0 Å². The van der Waals surface area contributed by atoms with Gasteiger partial charge in [0, 0.05) is 16.1 Å². The van der Waals surface area contributed by atoms with Gasteiger partial charge in [-0.25, -0.2) is 4.39 Å². The second kappa shape index (κ2) is 6.07. The molecule has 2 aromatic rings. The Bertz CT molecular complexity index is 844. The fraction of sp³-hybridized carbons (Fsp3) is 0.167. The van der Waals surface area contributed by atoms with E-state index in [2.05, 4.69) is 4.99 Å². The van der Waals surface area contributed by atoms with E-state index in [0.717, 1.165) is 0 Å². The summed E-state index contributed by atoms with van der Waals surface area (Å²) in [5, 5.41) is 0.554. The van der Waals surface area contributed by atoms with Gasteiger partial charge in [-0.3, -0.25) is 14.7 Å². The molecule has 0 aliphatic carbocycles. The first kappa shape index (κ1) is 16.7. The third-order valence-electron chi connectivity index (χ3n) is 3.75. The minimum atomic E-state index is -0.822. The first-order chi connectivity index (χ1) is 11.3. The van der Waals surface area contributed by atoms with Gasteiger partial charge in [-0.1, -0.05) is 23.8 Å². The molecule has 1 aliphatic rings. The predicted octanol–water partition coefficient (Wildman–Crippen LogP) is 4.49. The van der Waals surface area contributed by atoms with Gasteiger partial charge in [0.2, 0.25) is 0 Å². The smallest absolute Gasteiger partial charge is 0.260 e. The fourth-order valence-electron chi connectivity index (χ4n) is 2.58. The van der Waals surface area contributed by atoms with E-state index in [1.54, 1.807) is 36.4 Å². The van der Waals surface area contributed by atoms with E-state index in [-0.39, 0.29) is 11.7 Å². The molecule has 1 heterocycles. The van der Waals surface area contributed by atoms with Crippen LogP contribution < -0.4 is 0 Å². The summed E-state index contributed by atoms with van der Waals surface area (Å²) in [7, 11) is 0. The zero-order valence-corrected chi connectivity index (χ0v) is 14.7. The van der Waals surface area contributed by atoms with Gasteiger partial charge in [0.1, 0.15) is 22.2 Å². The molecule has 0 saturated heterocycles. The molecule has 0 aromatic heterocycles. The van der Waals surface area contributed by atoms with E-state index in [0.29, 0.717) is 26.8 Å². The van der Waals surface area contributed by atoms with Gasteiger partial charge >= 0.3 is 0 Å². The third-order valence-corrected chi connectivity index (χ3v) is 4.38. The number of carbonyl (C=O) groups excluding carboxylic acids is 1. The van der Waals surface area contributed by atoms with Crippen molar-refractivity contribution in [3.63, 3.8) is 0 Å². The number of carbonyl (C=O) groups is 1. The number of benzene rings is 2. The normalized spacial score (nSPS) is 16.2. The van der Waals surface area contributed by atoms with Crippen molar-refractivity contribution in [1.82, 2.24) is 4.90 Å². The maximum Gasteiger partial charge on any atom is 0.260 e. The molecule has 3 nitrogen and oxygen atoms in total. The maximum absolute atomic E-state index is 13.1. The van der Waals surface area contributed by atoms with Crippen molar-refractivity contribution in [1.29, 1.82) is 0 Å². The van der Waals surface area contributed by atoms with Crippen molar-refractivity contribution in [2.24, 2.45) is 4.99 Å². The van der Waals surface area contributed by atoms with Crippen molar-refractivity contribution in [2.75, 3.05) is 0 Å². The molecule has 1 aliphatic heterocycles. The van der Waals surface area contributed by atoms with Gasteiger partial charge in [-0.15, -0.1) is 0 Å². The van der Waals surface area contributed by atoms with Crippen LogP contribution in [0.3, 0.4) is 0 Å². The Morgan fingerprint density at radius 2 is 1.71 bits per heavy atom. The molecular formula is C18H14ClFN2OS. The van der Waals surface area contributed by atoms with Crippen LogP contribution >= 0.6 is 23.8 Å². The summed E-state index contributed by atoms with van der Waals surface area (Å²) >= 11 is 11.4. The van der Waals surface area contributed by atoms with Gasteiger partial charge in [0.05, 0.1) is 0 Å². The summed E-state index contributed by atoms with van der Waals surface area (Å²) in [5.41, 5.74) is 0.848. The van der Waals surface area contributed by atoms with Crippen LogP contribution in [0.4, 0.5) is 4.39 Å². The van der Waals surface area contributed by atoms with E-state index in [1.807, 2.05) is 13.8 Å². The highest BCUT2D eigenvalue weighted by Gasteiger charge is 2.42. The first-order valence-corrected chi connectivity index (χ1v) is 8.08. The van der Waals surface area contributed by atoms with Crippen LogP contribution in [-0.2, 0) is 0 Å². The van der Waals surface area contributed by atoms with Crippen molar-refractivity contribution >= 4 is 40.4 Å².